The quantitative estimate of drug-likeness (QED) is 0.499. The summed E-state index contributed by atoms with van der Waals surface area (Å²) in [6.07, 6.45) is 1.10. The average molecular weight is 179 g/mol. The normalized spacial score (nSPS) is 14.6. The molecule has 0 bridgehead atoms. The molecule has 0 heterocycles. The van der Waals surface area contributed by atoms with Crippen LogP contribution in [0.2, 0.25) is 0 Å². The minimum Gasteiger partial charge on any atom is -0.478 e. The molecule has 64 valence electrons. The van der Waals surface area contributed by atoms with E-state index in [1.165, 1.54) is 13.0 Å². The summed E-state index contributed by atoms with van der Waals surface area (Å²) in [6, 6.07) is 0. The fraction of sp³-hybridized carbons (Fsp3) is 0.571. The van der Waals surface area contributed by atoms with Crippen LogP contribution in [0.5, 0.6) is 0 Å². The monoisotopic (exact) mass is 178 g/mol. The van der Waals surface area contributed by atoms with E-state index in [1.54, 1.807) is 0 Å². The van der Waals surface area contributed by atoms with E-state index in [4.69, 9.17) is 21.8 Å². The van der Waals surface area contributed by atoms with E-state index in [2.05, 4.69) is 0 Å². The Morgan fingerprint density at radius 2 is 2.27 bits per heavy atom. The highest BCUT2D eigenvalue weighted by Crippen LogP contribution is 2.00. The molecule has 0 aromatic heterocycles. The fourth-order valence-electron chi connectivity index (χ4n) is 0.463. The van der Waals surface area contributed by atoms with Crippen LogP contribution < -0.4 is 0 Å². The van der Waals surface area contributed by atoms with Gasteiger partial charge >= 0.3 is 5.97 Å². The third-order valence-corrected chi connectivity index (χ3v) is 1.57. The van der Waals surface area contributed by atoms with Crippen LogP contribution in [-0.4, -0.2) is 28.2 Å². The number of carboxylic acids is 1. The third kappa shape index (κ3) is 4.81. The molecule has 0 aliphatic heterocycles. The SMILES string of the molecule is CC(=CCC(O)CCl)C(=O)O. The lowest BCUT2D eigenvalue weighted by atomic mass is 10.2. The predicted octanol–water partition coefficient (Wildman–Crippen LogP) is 1.01. The first kappa shape index (κ1) is 10.5. The van der Waals surface area contributed by atoms with Crippen LogP contribution >= 0.6 is 11.6 Å². The molecule has 0 amide bonds. The Balaban J connectivity index is 3.82. The summed E-state index contributed by atoms with van der Waals surface area (Å²) in [4.78, 5) is 10.2. The molecule has 0 aromatic rings. The van der Waals surface area contributed by atoms with E-state index in [0.29, 0.717) is 6.42 Å². The number of alkyl halides is 1. The molecular weight excluding hydrogens is 168 g/mol. The van der Waals surface area contributed by atoms with Crippen molar-refractivity contribution >= 4 is 17.6 Å². The van der Waals surface area contributed by atoms with Crippen LogP contribution in [0, 0.1) is 0 Å². The van der Waals surface area contributed by atoms with Gasteiger partial charge in [0.2, 0.25) is 0 Å². The van der Waals surface area contributed by atoms with Crippen molar-refractivity contribution in [2.24, 2.45) is 0 Å². The molecule has 0 aliphatic rings. The van der Waals surface area contributed by atoms with Crippen molar-refractivity contribution in [3.8, 4) is 0 Å². The van der Waals surface area contributed by atoms with Crippen LogP contribution in [0.15, 0.2) is 11.6 Å². The van der Waals surface area contributed by atoms with Crippen molar-refractivity contribution in [1.82, 2.24) is 0 Å². The van der Waals surface area contributed by atoms with Crippen LogP contribution in [-0.2, 0) is 4.79 Å². The second-order valence-electron chi connectivity index (χ2n) is 2.24. The Hall–Kier alpha value is -0.540. The molecule has 0 aromatic carbocycles. The summed E-state index contributed by atoms with van der Waals surface area (Å²) in [5.41, 5.74) is 0.231. The molecule has 3 nitrogen and oxygen atoms in total. The number of aliphatic carboxylic acids is 1. The topological polar surface area (TPSA) is 57.5 Å². The second-order valence-corrected chi connectivity index (χ2v) is 2.54. The van der Waals surface area contributed by atoms with E-state index in [1.807, 2.05) is 0 Å². The van der Waals surface area contributed by atoms with Crippen molar-refractivity contribution in [1.29, 1.82) is 0 Å². The third-order valence-electron chi connectivity index (χ3n) is 1.21. The minimum atomic E-state index is -0.966. The van der Waals surface area contributed by atoms with E-state index in [-0.39, 0.29) is 11.5 Å². The van der Waals surface area contributed by atoms with Gasteiger partial charge in [-0.15, -0.1) is 11.6 Å². The highest BCUT2D eigenvalue weighted by molar-refractivity contribution is 6.18. The van der Waals surface area contributed by atoms with Gasteiger partial charge < -0.3 is 10.2 Å². The maximum absolute atomic E-state index is 10.2. The van der Waals surface area contributed by atoms with Crippen molar-refractivity contribution in [3.63, 3.8) is 0 Å². The lowest BCUT2D eigenvalue weighted by Crippen LogP contribution is -2.07. The molecule has 4 heteroatoms. The van der Waals surface area contributed by atoms with Crippen molar-refractivity contribution in [3.05, 3.63) is 11.6 Å². The number of aliphatic hydroxyl groups is 1. The molecule has 0 aliphatic carbocycles. The second kappa shape index (κ2) is 5.16. The van der Waals surface area contributed by atoms with Crippen LogP contribution in [0.3, 0.4) is 0 Å². The summed E-state index contributed by atoms with van der Waals surface area (Å²) >= 11 is 5.29. The molecule has 1 atom stereocenters. The smallest absolute Gasteiger partial charge is 0.330 e. The first-order valence-corrected chi connectivity index (χ1v) is 3.75. The van der Waals surface area contributed by atoms with E-state index < -0.39 is 12.1 Å². The molecule has 1 unspecified atom stereocenters. The number of carbonyl (C=O) groups is 1. The maximum atomic E-state index is 10.2. The van der Waals surface area contributed by atoms with Crippen LogP contribution in [0.25, 0.3) is 0 Å². The first-order chi connectivity index (χ1) is 5.07. The number of hydrogen-bond acceptors (Lipinski definition) is 2. The highest BCUT2D eigenvalue weighted by atomic mass is 35.5. The molecule has 0 fully saturated rings. The first-order valence-electron chi connectivity index (χ1n) is 3.22. The number of hydrogen-bond donors (Lipinski definition) is 2. The molecular formula is C7H11ClO3. The van der Waals surface area contributed by atoms with Gasteiger partial charge in [0.05, 0.1) is 6.10 Å². The summed E-state index contributed by atoms with van der Waals surface area (Å²) in [5.74, 6) is -0.838. The summed E-state index contributed by atoms with van der Waals surface area (Å²) in [7, 11) is 0. The van der Waals surface area contributed by atoms with Crippen molar-refractivity contribution in [2.75, 3.05) is 5.88 Å². The average Bonchev–Trinajstić information content (AvgIpc) is 1.99. The fourth-order valence-corrected chi connectivity index (χ4v) is 0.589. The number of carboxylic acid groups (broad SMARTS) is 1. The Kier molecular flexibility index (Phi) is 4.90. The molecule has 0 saturated carbocycles. The zero-order chi connectivity index (χ0) is 8.85. The van der Waals surface area contributed by atoms with E-state index in [0.717, 1.165) is 0 Å². The van der Waals surface area contributed by atoms with Gasteiger partial charge in [0.1, 0.15) is 0 Å². The molecule has 0 radical (unpaired) electrons. The Morgan fingerprint density at radius 1 is 1.73 bits per heavy atom. The van der Waals surface area contributed by atoms with Gasteiger partial charge in [0.25, 0.3) is 0 Å². The predicted molar refractivity (Wildman–Crippen MR) is 42.7 cm³/mol. The van der Waals surface area contributed by atoms with Crippen molar-refractivity contribution < 1.29 is 15.0 Å². The summed E-state index contributed by atoms with van der Waals surface area (Å²) in [5, 5.41) is 17.3. The van der Waals surface area contributed by atoms with Gasteiger partial charge in [-0.2, -0.15) is 0 Å². The van der Waals surface area contributed by atoms with Gasteiger partial charge in [-0.05, 0) is 13.3 Å². The Bertz CT molecular complexity index is 165. The molecule has 0 spiro atoms. The molecule has 2 N–H and O–H groups in total. The van der Waals surface area contributed by atoms with Gasteiger partial charge in [0.15, 0.2) is 0 Å². The standard InChI is InChI=1S/C7H11ClO3/c1-5(7(10)11)2-3-6(9)4-8/h2,6,9H,3-4H2,1H3,(H,10,11). The zero-order valence-electron chi connectivity index (χ0n) is 6.25. The van der Waals surface area contributed by atoms with Gasteiger partial charge in [-0.25, -0.2) is 4.79 Å². The summed E-state index contributed by atoms with van der Waals surface area (Å²) in [6.45, 7) is 1.48. The van der Waals surface area contributed by atoms with Crippen LogP contribution in [0.4, 0.5) is 0 Å². The zero-order valence-corrected chi connectivity index (χ0v) is 7.01. The molecule has 0 saturated heterocycles. The number of rotatable bonds is 4. The van der Waals surface area contributed by atoms with Gasteiger partial charge in [-0.1, -0.05) is 6.08 Å². The van der Waals surface area contributed by atoms with Gasteiger partial charge in [-0.3, -0.25) is 0 Å². The Morgan fingerprint density at radius 3 is 2.64 bits per heavy atom. The number of halogens is 1. The highest BCUT2D eigenvalue weighted by Gasteiger charge is 2.02. The number of aliphatic hydroxyl groups excluding tert-OH is 1. The lowest BCUT2D eigenvalue weighted by Gasteiger charge is -2.01. The summed E-state index contributed by atoms with van der Waals surface area (Å²) < 4.78 is 0. The lowest BCUT2D eigenvalue weighted by molar-refractivity contribution is -0.132. The minimum absolute atomic E-state index is 0.128. The molecule has 0 rings (SSSR count). The molecule has 11 heavy (non-hydrogen) atoms. The Labute approximate surface area is 70.3 Å². The largest absolute Gasteiger partial charge is 0.478 e. The van der Waals surface area contributed by atoms with Crippen LogP contribution in [0.1, 0.15) is 13.3 Å². The maximum Gasteiger partial charge on any atom is 0.330 e. The van der Waals surface area contributed by atoms with E-state index in [9.17, 15) is 4.79 Å². The van der Waals surface area contributed by atoms with Gasteiger partial charge in [0, 0.05) is 11.5 Å². The van der Waals surface area contributed by atoms with E-state index >= 15 is 0 Å². The van der Waals surface area contributed by atoms with Crippen molar-refractivity contribution in [2.45, 2.75) is 19.4 Å².